The zero-order chi connectivity index (χ0) is 20.9. The summed E-state index contributed by atoms with van der Waals surface area (Å²) in [5, 5.41) is 19.9. The van der Waals surface area contributed by atoms with Gasteiger partial charge in [0.05, 0.1) is 25.2 Å². The van der Waals surface area contributed by atoms with Gasteiger partial charge in [0.2, 0.25) is 5.91 Å². The Morgan fingerprint density at radius 2 is 1.97 bits per heavy atom. The van der Waals surface area contributed by atoms with Gasteiger partial charge in [-0.05, 0) is 24.6 Å². The highest BCUT2D eigenvalue weighted by molar-refractivity contribution is 8.03. The Bertz CT molecular complexity index is 847. The molecule has 1 aromatic carbocycles. The fourth-order valence-electron chi connectivity index (χ4n) is 4.57. The third kappa shape index (κ3) is 3.43. The van der Waals surface area contributed by atoms with Crippen LogP contribution in [0, 0.1) is 11.8 Å². The summed E-state index contributed by atoms with van der Waals surface area (Å²) >= 11 is 1.58. The second-order valence-electron chi connectivity index (χ2n) is 8.05. The van der Waals surface area contributed by atoms with Crippen LogP contribution < -0.4 is 4.74 Å². The number of likely N-dealkylation sites (tertiary alicyclic amines) is 1. The Balaban J connectivity index is 1.39. The van der Waals surface area contributed by atoms with Crippen molar-refractivity contribution in [3.8, 4) is 5.75 Å². The molecule has 3 aliphatic rings. The lowest BCUT2D eigenvalue weighted by Gasteiger charge is -2.46. The number of fused-ring (bicyclic) bond motifs is 1. The third-order valence-electron chi connectivity index (χ3n) is 6.09. The summed E-state index contributed by atoms with van der Waals surface area (Å²) in [6.07, 6.45) is -0.769. The lowest BCUT2D eigenvalue weighted by molar-refractivity contribution is -0.163. The Morgan fingerprint density at radius 3 is 2.52 bits per heavy atom. The number of carbonyl (C=O) groups excluding carboxylic acids is 1. The van der Waals surface area contributed by atoms with E-state index in [9.17, 15) is 19.8 Å². The summed E-state index contributed by atoms with van der Waals surface area (Å²) in [5.74, 6) is -1.08. The number of carboxylic acids is 1. The number of ether oxygens (including phenoxy) is 1. The minimum Gasteiger partial charge on any atom is -0.497 e. The number of methoxy groups -OCH3 is 1. The van der Waals surface area contributed by atoms with Crippen LogP contribution in [0.25, 0.3) is 0 Å². The third-order valence-corrected chi connectivity index (χ3v) is 7.54. The van der Waals surface area contributed by atoms with Gasteiger partial charge in [0.15, 0.2) is 0 Å². The molecule has 2 saturated heterocycles. The quantitative estimate of drug-likeness (QED) is 0.652. The molecule has 3 aliphatic heterocycles. The van der Waals surface area contributed by atoms with E-state index in [4.69, 9.17) is 4.74 Å². The minimum atomic E-state index is -1.06. The SMILES string of the molecule is COc1ccc(CN2CC(SC3=C(C(=O)O)N4C(=O)[C@H]([C@@H](C)O)[C@H]4[C@H]3C)C2)cc1. The van der Waals surface area contributed by atoms with E-state index in [-0.39, 0.29) is 23.6 Å². The van der Waals surface area contributed by atoms with Gasteiger partial charge in [-0.3, -0.25) is 9.69 Å². The maximum Gasteiger partial charge on any atom is 0.353 e. The smallest absolute Gasteiger partial charge is 0.353 e. The van der Waals surface area contributed by atoms with Gasteiger partial charge in [0.25, 0.3) is 0 Å². The minimum absolute atomic E-state index is 0.0703. The molecule has 4 atom stereocenters. The first-order chi connectivity index (χ1) is 13.8. The van der Waals surface area contributed by atoms with E-state index >= 15 is 0 Å². The molecular weight excluding hydrogens is 392 g/mol. The largest absolute Gasteiger partial charge is 0.497 e. The molecule has 0 bridgehead atoms. The van der Waals surface area contributed by atoms with Gasteiger partial charge in [-0.15, -0.1) is 11.8 Å². The highest BCUT2D eigenvalue weighted by Crippen LogP contribution is 2.51. The summed E-state index contributed by atoms with van der Waals surface area (Å²) < 4.78 is 5.18. The molecular formula is C21H26N2O5S. The van der Waals surface area contributed by atoms with Crippen LogP contribution in [0.2, 0.25) is 0 Å². The van der Waals surface area contributed by atoms with Crippen molar-refractivity contribution in [2.75, 3.05) is 20.2 Å². The molecule has 1 amide bonds. The lowest BCUT2D eigenvalue weighted by Crippen LogP contribution is -2.63. The summed E-state index contributed by atoms with van der Waals surface area (Å²) in [6, 6.07) is 7.76. The van der Waals surface area contributed by atoms with Gasteiger partial charge in [0.1, 0.15) is 11.4 Å². The van der Waals surface area contributed by atoms with Gasteiger partial charge in [-0.25, -0.2) is 4.79 Å². The molecule has 1 aromatic rings. The number of benzene rings is 1. The number of carbonyl (C=O) groups is 2. The van der Waals surface area contributed by atoms with E-state index in [0.717, 1.165) is 30.3 Å². The average molecular weight is 419 g/mol. The van der Waals surface area contributed by atoms with Crippen LogP contribution in [0.1, 0.15) is 19.4 Å². The number of amides is 1. The van der Waals surface area contributed by atoms with Crippen LogP contribution >= 0.6 is 11.8 Å². The second-order valence-corrected chi connectivity index (χ2v) is 9.40. The van der Waals surface area contributed by atoms with Crippen molar-refractivity contribution in [3.63, 3.8) is 0 Å². The highest BCUT2D eigenvalue weighted by atomic mass is 32.2. The van der Waals surface area contributed by atoms with E-state index in [1.165, 1.54) is 10.5 Å². The van der Waals surface area contributed by atoms with E-state index in [1.807, 2.05) is 19.1 Å². The van der Waals surface area contributed by atoms with Crippen LogP contribution in [0.5, 0.6) is 5.75 Å². The Kier molecular flexibility index (Phi) is 5.35. The summed E-state index contributed by atoms with van der Waals surface area (Å²) in [4.78, 5) is 28.7. The van der Waals surface area contributed by atoms with E-state index in [1.54, 1.807) is 25.8 Å². The number of carboxylic acid groups (broad SMARTS) is 1. The van der Waals surface area contributed by atoms with Gasteiger partial charge < -0.3 is 19.8 Å². The number of β-lactam (4-membered cyclic amide) rings is 1. The molecule has 4 rings (SSSR count). The average Bonchev–Trinajstić information content (AvgIpc) is 2.89. The fraction of sp³-hybridized carbons (Fsp3) is 0.524. The molecule has 0 aromatic heterocycles. The van der Waals surface area contributed by atoms with Gasteiger partial charge in [-0.1, -0.05) is 19.1 Å². The first kappa shape index (κ1) is 20.3. The van der Waals surface area contributed by atoms with Crippen molar-refractivity contribution in [1.82, 2.24) is 9.80 Å². The fourth-order valence-corrected chi connectivity index (χ4v) is 6.15. The number of aliphatic hydroxyl groups excluding tert-OH is 1. The molecule has 7 nitrogen and oxygen atoms in total. The Labute approximate surface area is 174 Å². The zero-order valence-corrected chi connectivity index (χ0v) is 17.6. The van der Waals surface area contributed by atoms with Crippen LogP contribution in [0.3, 0.4) is 0 Å². The van der Waals surface area contributed by atoms with Crippen LogP contribution in [0.4, 0.5) is 0 Å². The van der Waals surface area contributed by atoms with Crippen molar-refractivity contribution >= 4 is 23.6 Å². The molecule has 8 heteroatoms. The Hall–Kier alpha value is -2.03. The van der Waals surface area contributed by atoms with E-state index in [2.05, 4.69) is 17.0 Å². The van der Waals surface area contributed by atoms with Crippen molar-refractivity contribution in [1.29, 1.82) is 0 Å². The maximum absolute atomic E-state index is 12.4. The number of hydrogen-bond acceptors (Lipinski definition) is 6. The molecule has 3 heterocycles. The summed E-state index contributed by atoms with van der Waals surface area (Å²) in [5.41, 5.74) is 1.33. The van der Waals surface area contributed by atoms with Gasteiger partial charge >= 0.3 is 5.97 Å². The van der Waals surface area contributed by atoms with Gasteiger partial charge in [0, 0.05) is 35.7 Å². The van der Waals surface area contributed by atoms with Crippen LogP contribution in [-0.4, -0.2) is 69.5 Å². The molecule has 2 fully saturated rings. The predicted octanol–water partition coefficient (Wildman–Crippen LogP) is 1.77. The van der Waals surface area contributed by atoms with Crippen molar-refractivity contribution in [2.24, 2.45) is 11.8 Å². The normalized spacial score (nSPS) is 28.1. The first-order valence-corrected chi connectivity index (χ1v) is 10.7. The monoisotopic (exact) mass is 418 g/mol. The topological polar surface area (TPSA) is 90.3 Å². The highest BCUT2D eigenvalue weighted by Gasteiger charge is 2.60. The predicted molar refractivity (Wildman–Crippen MR) is 109 cm³/mol. The number of aliphatic carboxylic acids is 1. The van der Waals surface area contributed by atoms with Crippen molar-refractivity contribution in [3.05, 3.63) is 40.4 Å². The molecule has 29 heavy (non-hydrogen) atoms. The maximum atomic E-state index is 12.4. The van der Waals surface area contributed by atoms with Gasteiger partial charge in [-0.2, -0.15) is 0 Å². The Morgan fingerprint density at radius 1 is 1.31 bits per heavy atom. The molecule has 0 radical (unpaired) electrons. The number of thioether (sulfide) groups is 1. The number of hydrogen-bond donors (Lipinski definition) is 2. The lowest BCUT2D eigenvalue weighted by atomic mass is 9.79. The van der Waals surface area contributed by atoms with E-state index in [0.29, 0.717) is 5.25 Å². The van der Waals surface area contributed by atoms with Crippen molar-refractivity contribution < 1.29 is 24.5 Å². The second kappa shape index (κ2) is 7.66. The molecule has 0 spiro atoms. The molecule has 0 saturated carbocycles. The van der Waals surface area contributed by atoms with Crippen LogP contribution in [0.15, 0.2) is 34.9 Å². The standard InChI is InChI=1S/C21H26N2O5S/c1-11-17-16(12(2)24)20(25)23(17)18(21(26)27)19(11)29-15-9-22(10-15)8-13-4-6-14(28-3)7-5-13/h4-7,11-12,15-17,24H,8-10H2,1-3H3,(H,26,27)/t11-,12-,16-,17-/m1/s1. The summed E-state index contributed by atoms with van der Waals surface area (Å²) in [7, 11) is 1.65. The van der Waals surface area contributed by atoms with Crippen LogP contribution in [-0.2, 0) is 16.1 Å². The first-order valence-electron chi connectivity index (χ1n) is 9.82. The van der Waals surface area contributed by atoms with E-state index < -0.39 is 18.0 Å². The number of aliphatic hydroxyl groups is 1. The number of rotatable bonds is 7. The molecule has 0 aliphatic carbocycles. The number of nitrogens with zero attached hydrogens (tertiary/aromatic N) is 2. The molecule has 156 valence electrons. The molecule has 0 unspecified atom stereocenters. The van der Waals surface area contributed by atoms with Crippen molar-refractivity contribution in [2.45, 2.75) is 37.8 Å². The summed E-state index contributed by atoms with van der Waals surface area (Å²) in [6.45, 7) is 6.15. The molecule has 2 N–H and O–H groups in total. The zero-order valence-electron chi connectivity index (χ0n) is 16.7.